The van der Waals surface area contributed by atoms with Gasteiger partial charge in [-0.1, -0.05) is 0 Å². The van der Waals surface area contributed by atoms with E-state index in [9.17, 15) is 0 Å². The summed E-state index contributed by atoms with van der Waals surface area (Å²) in [6, 6.07) is 1.93. The summed E-state index contributed by atoms with van der Waals surface area (Å²) < 4.78 is 6.67. The molecule has 0 atom stereocenters. The van der Waals surface area contributed by atoms with Gasteiger partial charge in [0.2, 0.25) is 0 Å². The van der Waals surface area contributed by atoms with E-state index < -0.39 is 0 Å². The molecule has 2 rings (SSSR count). The lowest BCUT2D eigenvalue weighted by atomic mass is 10.4. The Morgan fingerprint density at radius 3 is 3.00 bits per heavy atom. The Balaban J connectivity index is 2.27. The van der Waals surface area contributed by atoms with Crippen molar-refractivity contribution < 1.29 is 4.74 Å². The quantitative estimate of drug-likeness (QED) is 0.685. The monoisotopic (exact) mass is 290 g/mol. The van der Waals surface area contributed by atoms with E-state index in [4.69, 9.17) is 4.74 Å². The number of hydrogen-bond donors (Lipinski definition) is 1. The van der Waals surface area contributed by atoms with Crippen LogP contribution >= 0.6 is 22.6 Å². The van der Waals surface area contributed by atoms with E-state index >= 15 is 0 Å². The van der Waals surface area contributed by atoms with Gasteiger partial charge in [0.25, 0.3) is 0 Å². The van der Waals surface area contributed by atoms with E-state index in [0.29, 0.717) is 6.10 Å². The lowest BCUT2D eigenvalue weighted by Gasteiger charge is -2.10. The van der Waals surface area contributed by atoms with Crippen LogP contribution in [0, 0.1) is 3.70 Å². The summed E-state index contributed by atoms with van der Waals surface area (Å²) in [5.41, 5.74) is 1.02. The molecule has 0 radical (unpaired) electrons. The second kappa shape index (κ2) is 3.69. The number of pyridine rings is 1. The molecular weight excluding hydrogens is 279 g/mol. The summed E-state index contributed by atoms with van der Waals surface area (Å²) in [5.74, 6) is 0.896. The molecule has 1 heterocycles. The maximum Gasteiger partial charge on any atom is 0.174 e. The largest absolute Gasteiger partial charge is 0.485 e. The van der Waals surface area contributed by atoms with Gasteiger partial charge in [-0.15, -0.1) is 0 Å². The van der Waals surface area contributed by atoms with E-state index in [1.54, 1.807) is 6.20 Å². The molecule has 0 aliphatic heterocycles. The van der Waals surface area contributed by atoms with Gasteiger partial charge in [0, 0.05) is 13.2 Å². The maximum atomic E-state index is 5.75. The Hall–Kier alpha value is -0.520. The topological polar surface area (TPSA) is 34.2 Å². The van der Waals surface area contributed by atoms with Gasteiger partial charge in [0.05, 0.1) is 11.8 Å². The molecule has 0 saturated heterocycles. The van der Waals surface area contributed by atoms with Crippen LogP contribution < -0.4 is 10.1 Å². The van der Waals surface area contributed by atoms with E-state index in [1.807, 2.05) is 13.1 Å². The third kappa shape index (κ3) is 2.04. The fraction of sp³-hybridized carbons (Fsp3) is 0.444. The van der Waals surface area contributed by atoms with Crippen LogP contribution in [-0.4, -0.2) is 18.1 Å². The highest BCUT2D eigenvalue weighted by Gasteiger charge is 2.25. The molecule has 1 aromatic rings. The van der Waals surface area contributed by atoms with Gasteiger partial charge in [0.15, 0.2) is 5.75 Å². The highest BCUT2D eigenvalue weighted by atomic mass is 127. The van der Waals surface area contributed by atoms with Crippen LogP contribution in [0.25, 0.3) is 0 Å². The lowest BCUT2D eigenvalue weighted by Crippen LogP contribution is -2.03. The summed E-state index contributed by atoms with van der Waals surface area (Å²) >= 11 is 2.19. The van der Waals surface area contributed by atoms with Crippen molar-refractivity contribution in [3.8, 4) is 5.75 Å². The number of anilines is 1. The molecular formula is C9H11IN2O. The molecule has 1 N–H and O–H groups in total. The molecule has 0 unspecified atom stereocenters. The van der Waals surface area contributed by atoms with E-state index in [0.717, 1.165) is 15.1 Å². The average Bonchev–Trinajstić information content (AvgIpc) is 2.92. The molecule has 3 nitrogen and oxygen atoms in total. The SMILES string of the molecule is CNc1ccnc(I)c1OC1CC1. The molecule has 1 aliphatic rings. The van der Waals surface area contributed by atoms with Crippen molar-refractivity contribution in [1.29, 1.82) is 0 Å². The summed E-state index contributed by atoms with van der Waals surface area (Å²) in [4.78, 5) is 4.19. The molecule has 1 aromatic heterocycles. The molecule has 0 amide bonds. The molecule has 1 aliphatic carbocycles. The van der Waals surface area contributed by atoms with Crippen LogP contribution in [-0.2, 0) is 0 Å². The zero-order valence-electron chi connectivity index (χ0n) is 7.38. The first-order valence-electron chi connectivity index (χ1n) is 4.30. The summed E-state index contributed by atoms with van der Waals surface area (Å²) in [5, 5.41) is 3.10. The van der Waals surface area contributed by atoms with Crippen molar-refractivity contribution >= 4 is 28.3 Å². The normalized spacial score (nSPS) is 15.5. The number of aromatic nitrogens is 1. The number of nitrogens with zero attached hydrogens (tertiary/aromatic N) is 1. The molecule has 0 spiro atoms. The van der Waals surface area contributed by atoms with E-state index in [1.165, 1.54) is 12.8 Å². The average molecular weight is 290 g/mol. The van der Waals surface area contributed by atoms with Crippen molar-refractivity contribution in [3.05, 3.63) is 16.0 Å². The Labute approximate surface area is 91.0 Å². The minimum absolute atomic E-state index is 0.421. The van der Waals surface area contributed by atoms with Crippen molar-refractivity contribution in [1.82, 2.24) is 4.98 Å². The predicted octanol–water partition coefficient (Wildman–Crippen LogP) is 2.27. The van der Waals surface area contributed by atoms with Crippen LogP contribution in [0.2, 0.25) is 0 Å². The Bertz CT molecular complexity index is 312. The number of nitrogens with one attached hydrogen (secondary N) is 1. The number of hydrogen-bond acceptors (Lipinski definition) is 3. The highest BCUT2D eigenvalue weighted by molar-refractivity contribution is 14.1. The second-order valence-corrected chi connectivity index (χ2v) is 4.07. The summed E-state index contributed by atoms with van der Waals surface area (Å²) in [6.45, 7) is 0. The Morgan fingerprint density at radius 1 is 1.62 bits per heavy atom. The summed E-state index contributed by atoms with van der Waals surface area (Å²) in [6.07, 6.45) is 4.56. The van der Waals surface area contributed by atoms with Crippen molar-refractivity contribution in [2.24, 2.45) is 0 Å². The van der Waals surface area contributed by atoms with Gasteiger partial charge < -0.3 is 10.1 Å². The van der Waals surface area contributed by atoms with Gasteiger partial charge in [-0.25, -0.2) is 4.98 Å². The highest BCUT2D eigenvalue weighted by Crippen LogP contribution is 2.34. The van der Waals surface area contributed by atoms with Crippen LogP contribution in [0.4, 0.5) is 5.69 Å². The third-order valence-electron chi connectivity index (χ3n) is 1.94. The van der Waals surface area contributed by atoms with E-state index in [2.05, 4.69) is 32.9 Å². The molecule has 13 heavy (non-hydrogen) atoms. The van der Waals surface area contributed by atoms with Crippen LogP contribution in [0.1, 0.15) is 12.8 Å². The predicted molar refractivity (Wildman–Crippen MR) is 60.2 cm³/mol. The number of ether oxygens (including phenoxy) is 1. The van der Waals surface area contributed by atoms with Gasteiger partial charge in [-0.3, -0.25) is 0 Å². The maximum absolute atomic E-state index is 5.75. The number of halogens is 1. The zero-order valence-corrected chi connectivity index (χ0v) is 9.54. The third-order valence-corrected chi connectivity index (χ3v) is 2.71. The molecule has 0 bridgehead atoms. The number of rotatable bonds is 3. The molecule has 1 fully saturated rings. The lowest BCUT2D eigenvalue weighted by molar-refractivity contribution is 0.301. The molecule has 70 valence electrons. The second-order valence-electron chi connectivity index (χ2n) is 3.05. The standard InChI is InChI=1S/C9H11IN2O/c1-11-7-4-5-12-9(10)8(7)13-6-2-3-6/h4-6H,2-3H2,1H3,(H,11,12). The first-order chi connectivity index (χ1) is 6.31. The van der Waals surface area contributed by atoms with Crippen LogP contribution in [0.3, 0.4) is 0 Å². The van der Waals surface area contributed by atoms with Gasteiger partial charge in [-0.05, 0) is 41.5 Å². The van der Waals surface area contributed by atoms with Gasteiger partial charge in [0.1, 0.15) is 3.70 Å². The fourth-order valence-electron chi connectivity index (χ4n) is 1.08. The molecule has 1 saturated carbocycles. The zero-order chi connectivity index (χ0) is 9.26. The van der Waals surface area contributed by atoms with Crippen LogP contribution in [0.5, 0.6) is 5.75 Å². The fourth-order valence-corrected chi connectivity index (χ4v) is 1.66. The first-order valence-corrected chi connectivity index (χ1v) is 5.38. The van der Waals surface area contributed by atoms with Gasteiger partial charge >= 0.3 is 0 Å². The first kappa shape index (κ1) is 9.05. The van der Waals surface area contributed by atoms with Crippen molar-refractivity contribution in [2.45, 2.75) is 18.9 Å². The van der Waals surface area contributed by atoms with Crippen molar-refractivity contribution in [2.75, 3.05) is 12.4 Å². The molecule has 0 aromatic carbocycles. The Kier molecular flexibility index (Phi) is 2.57. The van der Waals surface area contributed by atoms with E-state index in [-0.39, 0.29) is 0 Å². The summed E-state index contributed by atoms with van der Waals surface area (Å²) in [7, 11) is 1.89. The minimum Gasteiger partial charge on any atom is -0.485 e. The molecule has 4 heteroatoms. The van der Waals surface area contributed by atoms with Crippen LogP contribution in [0.15, 0.2) is 12.3 Å². The minimum atomic E-state index is 0.421. The van der Waals surface area contributed by atoms with Gasteiger partial charge in [-0.2, -0.15) is 0 Å². The smallest absolute Gasteiger partial charge is 0.174 e. The Morgan fingerprint density at radius 2 is 2.38 bits per heavy atom. The van der Waals surface area contributed by atoms with Crippen molar-refractivity contribution in [3.63, 3.8) is 0 Å².